The fraction of sp³-hybridized carbons (Fsp3) is 0.161. The minimum Gasteiger partial charge on any atom is -0.508 e. The molecular formula is C31H26O9. The molecule has 9 nitrogen and oxygen atoms in total. The molecule has 0 amide bonds. The van der Waals surface area contributed by atoms with Gasteiger partial charge in [0.1, 0.15) is 11.5 Å². The quantitative estimate of drug-likeness (QED) is 0.236. The maximum Gasteiger partial charge on any atom is 0.234 e. The number of phenols is 3. The first-order chi connectivity index (χ1) is 19.2. The highest BCUT2D eigenvalue weighted by atomic mass is 16.5. The van der Waals surface area contributed by atoms with Crippen LogP contribution in [-0.4, -0.2) is 53.3 Å². The van der Waals surface area contributed by atoms with Gasteiger partial charge >= 0.3 is 0 Å². The third-order valence-corrected chi connectivity index (χ3v) is 7.13. The van der Waals surface area contributed by atoms with E-state index in [1.165, 1.54) is 57.7 Å². The second-order valence-electron chi connectivity index (χ2n) is 9.35. The van der Waals surface area contributed by atoms with Gasteiger partial charge < -0.3 is 34.6 Å². The molecule has 40 heavy (non-hydrogen) atoms. The molecule has 0 aliphatic heterocycles. The lowest BCUT2D eigenvalue weighted by Gasteiger charge is -2.27. The topological polar surface area (TPSA) is 143 Å². The van der Waals surface area contributed by atoms with Gasteiger partial charge in [-0.25, -0.2) is 0 Å². The number of hydrogen-bond donors (Lipinski definition) is 4. The summed E-state index contributed by atoms with van der Waals surface area (Å²) in [5.41, 5.74) is 1.13. The number of allylic oxidation sites excluding steroid dienone is 1. The predicted octanol–water partition coefficient (Wildman–Crippen LogP) is 5.04. The molecule has 0 radical (unpaired) electrons. The first-order valence-electron chi connectivity index (χ1n) is 12.3. The molecule has 0 fully saturated rings. The van der Waals surface area contributed by atoms with Gasteiger partial charge in [0.05, 0.1) is 26.9 Å². The number of ether oxygens (including phenoxy) is 3. The number of carbonyl (C=O) groups excluding carboxylic acids is 2. The summed E-state index contributed by atoms with van der Waals surface area (Å²) in [7, 11) is 4.13. The number of rotatable bonds is 7. The number of aliphatic hydroxyl groups is 1. The Balaban J connectivity index is 1.80. The van der Waals surface area contributed by atoms with Crippen molar-refractivity contribution in [2.45, 2.75) is 12.3 Å². The zero-order valence-electron chi connectivity index (χ0n) is 21.9. The van der Waals surface area contributed by atoms with E-state index in [2.05, 4.69) is 0 Å². The maximum atomic E-state index is 13.7. The number of aromatic hydroxyl groups is 3. The molecule has 0 spiro atoms. The lowest BCUT2D eigenvalue weighted by molar-refractivity contribution is -0.112. The highest BCUT2D eigenvalue weighted by molar-refractivity contribution is 6.53. The summed E-state index contributed by atoms with van der Waals surface area (Å²) in [5.74, 6) is -2.95. The van der Waals surface area contributed by atoms with E-state index in [0.717, 1.165) is 0 Å². The van der Waals surface area contributed by atoms with Crippen LogP contribution in [0.2, 0.25) is 0 Å². The third-order valence-electron chi connectivity index (χ3n) is 7.13. The Hall–Kier alpha value is -5.18. The predicted molar refractivity (Wildman–Crippen MR) is 147 cm³/mol. The summed E-state index contributed by atoms with van der Waals surface area (Å²) in [5, 5.41) is 43.3. The molecule has 0 saturated carbocycles. The van der Waals surface area contributed by atoms with Crippen LogP contribution in [0.3, 0.4) is 0 Å². The van der Waals surface area contributed by atoms with Crippen LogP contribution in [0.1, 0.15) is 33.0 Å². The van der Waals surface area contributed by atoms with Crippen LogP contribution in [0.5, 0.6) is 34.5 Å². The number of carbonyl (C=O) groups is 2. The van der Waals surface area contributed by atoms with Gasteiger partial charge in [-0.1, -0.05) is 12.1 Å². The Bertz CT molecular complexity index is 1690. The van der Waals surface area contributed by atoms with E-state index < -0.39 is 17.5 Å². The third kappa shape index (κ3) is 4.31. The summed E-state index contributed by atoms with van der Waals surface area (Å²) in [6.07, 6.45) is 0.0903. The van der Waals surface area contributed by atoms with Crippen molar-refractivity contribution in [1.29, 1.82) is 0 Å². The smallest absolute Gasteiger partial charge is 0.234 e. The van der Waals surface area contributed by atoms with Crippen molar-refractivity contribution >= 4 is 28.1 Å². The minimum atomic E-state index is -0.922. The van der Waals surface area contributed by atoms with E-state index in [-0.39, 0.29) is 63.4 Å². The molecule has 204 valence electrons. The normalized spacial score (nSPS) is 13.8. The fourth-order valence-corrected chi connectivity index (χ4v) is 5.16. The summed E-state index contributed by atoms with van der Waals surface area (Å²) in [4.78, 5) is 27.1. The number of Topliss-reactive ketones (excluding diaryl/α,β-unsaturated/α-hetero) is 2. The second kappa shape index (κ2) is 10.2. The lowest BCUT2D eigenvalue weighted by atomic mass is 9.76. The number of aliphatic hydroxyl groups excluding tert-OH is 1. The van der Waals surface area contributed by atoms with Gasteiger partial charge in [0.15, 0.2) is 23.0 Å². The van der Waals surface area contributed by atoms with Crippen LogP contribution in [0, 0.1) is 0 Å². The molecule has 0 unspecified atom stereocenters. The van der Waals surface area contributed by atoms with E-state index in [1.54, 1.807) is 24.3 Å². The molecular weight excluding hydrogens is 516 g/mol. The Morgan fingerprint density at radius 1 is 0.725 bits per heavy atom. The molecule has 5 rings (SSSR count). The molecule has 0 aromatic heterocycles. The van der Waals surface area contributed by atoms with Crippen LogP contribution in [0.4, 0.5) is 0 Å². The maximum absolute atomic E-state index is 13.7. The van der Waals surface area contributed by atoms with Crippen molar-refractivity contribution in [3.05, 3.63) is 88.5 Å². The molecule has 4 N–H and O–H groups in total. The minimum absolute atomic E-state index is 0.0109. The van der Waals surface area contributed by atoms with Crippen molar-refractivity contribution in [2.75, 3.05) is 21.3 Å². The van der Waals surface area contributed by atoms with Gasteiger partial charge in [0, 0.05) is 17.0 Å². The molecule has 0 saturated heterocycles. The summed E-state index contributed by atoms with van der Waals surface area (Å²) in [6.45, 7) is 0. The molecule has 1 atom stereocenters. The number of fused-ring (bicyclic) bond motifs is 3. The molecule has 1 aliphatic rings. The lowest BCUT2D eigenvalue weighted by Crippen LogP contribution is -2.28. The average molecular weight is 543 g/mol. The first kappa shape index (κ1) is 26.4. The Morgan fingerprint density at radius 3 is 2.05 bits per heavy atom. The van der Waals surface area contributed by atoms with Crippen LogP contribution in [0.15, 0.2) is 66.2 Å². The number of benzene rings is 4. The molecule has 4 aromatic carbocycles. The second-order valence-corrected chi connectivity index (χ2v) is 9.35. The van der Waals surface area contributed by atoms with Crippen molar-refractivity contribution in [3.63, 3.8) is 0 Å². The van der Waals surface area contributed by atoms with Gasteiger partial charge in [-0.15, -0.1) is 0 Å². The summed E-state index contributed by atoms with van der Waals surface area (Å²) < 4.78 is 15.9. The SMILES string of the molecule is COc1cc(C[C@H](C2=C(O)c3c(ccc4cc(O)ccc34)C(=O)C2=O)c2cc(OC)c(O)c(OC)c2)ccc1O. The van der Waals surface area contributed by atoms with Crippen LogP contribution >= 0.6 is 0 Å². The van der Waals surface area contributed by atoms with Gasteiger partial charge in [-0.2, -0.15) is 0 Å². The molecule has 9 heteroatoms. The van der Waals surface area contributed by atoms with Crippen LogP contribution < -0.4 is 14.2 Å². The van der Waals surface area contributed by atoms with Crippen molar-refractivity contribution in [1.82, 2.24) is 0 Å². The van der Waals surface area contributed by atoms with E-state index in [1.807, 2.05) is 0 Å². The van der Waals surface area contributed by atoms with Crippen molar-refractivity contribution in [3.8, 4) is 34.5 Å². The Labute approximate surface area is 229 Å². The molecule has 0 bridgehead atoms. The highest BCUT2D eigenvalue weighted by Crippen LogP contribution is 2.45. The van der Waals surface area contributed by atoms with E-state index in [0.29, 0.717) is 21.9 Å². The standard InChI is InChI=1S/C31H26O9/c1-38-23-11-15(4-9-22(23)33)10-21(17-13-24(39-2)29(35)25(14-17)40-3)27-30(36)26-19-8-6-18(32)12-16(19)5-7-20(26)28(34)31(27)37/h4-9,11-14,21,32-33,35-36H,10H2,1-3H3/t21-/m0/s1. The van der Waals surface area contributed by atoms with Crippen molar-refractivity contribution in [2.24, 2.45) is 0 Å². The fourth-order valence-electron chi connectivity index (χ4n) is 5.16. The molecule has 4 aromatic rings. The first-order valence-corrected chi connectivity index (χ1v) is 12.3. The van der Waals surface area contributed by atoms with Crippen LogP contribution in [-0.2, 0) is 11.2 Å². The van der Waals surface area contributed by atoms with Gasteiger partial charge in [-0.3, -0.25) is 9.59 Å². The number of ketones is 2. The summed E-state index contributed by atoms with van der Waals surface area (Å²) >= 11 is 0. The molecule has 1 aliphatic carbocycles. The van der Waals surface area contributed by atoms with Gasteiger partial charge in [0.2, 0.25) is 17.3 Å². The average Bonchev–Trinajstić information content (AvgIpc) is 2.95. The van der Waals surface area contributed by atoms with E-state index in [9.17, 15) is 30.0 Å². The number of methoxy groups -OCH3 is 3. The summed E-state index contributed by atoms with van der Waals surface area (Å²) in [6, 6.07) is 15.3. The number of hydrogen-bond acceptors (Lipinski definition) is 9. The Kier molecular flexibility index (Phi) is 6.73. The number of phenolic OH excluding ortho intramolecular Hbond substituents is 3. The van der Waals surface area contributed by atoms with Crippen LogP contribution in [0.25, 0.3) is 16.5 Å². The van der Waals surface area contributed by atoms with Crippen molar-refractivity contribution < 1.29 is 44.2 Å². The van der Waals surface area contributed by atoms with E-state index in [4.69, 9.17) is 14.2 Å². The highest BCUT2D eigenvalue weighted by Gasteiger charge is 2.39. The van der Waals surface area contributed by atoms with Gasteiger partial charge in [0.25, 0.3) is 0 Å². The zero-order chi connectivity index (χ0) is 28.7. The Morgan fingerprint density at radius 2 is 1.40 bits per heavy atom. The van der Waals surface area contributed by atoms with E-state index >= 15 is 0 Å². The van der Waals surface area contributed by atoms with Gasteiger partial charge in [-0.05, 0) is 76.9 Å². The zero-order valence-corrected chi connectivity index (χ0v) is 21.9. The molecule has 0 heterocycles. The monoisotopic (exact) mass is 542 g/mol. The largest absolute Gasteiger partial charge is 0.508 e.